The third-order valence-electron chi connectivity index (χ3n) is 4.31. The number of carbonyl (C=O) groups excluding carboxylic acids is 1. The number of aliphatic hydroxyl groups excluding tert-OH is 1. The number of Topliss-reactive ketones (excluding diaryl/α,β-unsaturated/α-hetero) is 1. The summed E-state index contributed by atoms with van der Waals surface area (Å²) in [7, 11) is 4.41. The van der Waals surface area contributed by atoms with Crippen molar-refractivity contribution in [2.24, 2.45) is 0 Å². The molecule has 6 heteroatoms. The average molecular weight is 372 g/mol. The molecule has 2 rings (SSSR count). The Hall–Kier alpha value is -2.99. The Morgan fingerprint density at radius 3 is 2.30 bits per heavy atom. The number of aliphatic hydroxyl groups is 1. The number of phenols is 1. The smallest absolute Gasteiger partial charge is 0.172 e. The topological polar surface area (TPSA) is 85.2 Å². The number of ketones is 1. The van der Waals surface area contributed by atoms with E-state index in [-0.39, 0.29) is 17.3 Å². The van der Waals surface area contributed by atoms with Crippen molar-refractivity contribution < 1.29 is 29.2 Å². The maximum atomic E-state index is 13.0. The highest BCUT2D eigenvalue weighted by molar-refractivity contribution is 6.02. The normalized spacial score (nSPS) is 11.6. The lowest BCUT2D eigenvalue weighted by Crippen LogP contribution is -2.17. The van der Waals surface area contributed by atoms with Crippen LogP contribution in [0.1, 0.15) is 27.4 Å². The van der Waals surface area contributed by atoms with Crippen LogP contribution in [0.15, 0.2) is 43.0 Å². The third kappa shape index (κ3) is 4.23. The molecule has 0 aromatic heterocycles. The Bertz CT molecular complexity index is 828. The molecule has 0 amide bonds. The highest BCUT2D eigenvalue weighted by Gasteiger charge is 2.27. The first-order valence-corrected chi connectivity index (χ1v) is 8.38. The van der Waals surface area contributed by atoms with Gasteiger partial charge < -0.3 is 24.4 Å². The Labute approximate surface area is 158 Å². The summed E-state index contributed by atoms with van der Waals surface area (Å²) in [5, 5.41) is 20.4. The zero-order valence-electron chi connectivity index (χ0n) is 15.7. The van der Waals surface area contributed by atoms with Gasteiger partial charge in [-0.3, -0.25) is 4.79 Å². The van der Waals surface area contributed by atoms with E-state index in [1.54, 1.807) is 36.4 Å². The molecule has 144 valence electrons. The largest absolute Gasteiger partial charge is 0.504 e. The summed E-state index contributed by atoms with van der Waals surface area (Å²) in [5.41, 5.74) is 1.45. The van der Waals surface area contributed by atoms with E-state index in [9.17, 15) is 15.0 Å². The van der Waals surface area contributed by atoms with Crippen molar-refractivity contribution in [1.29, 1.82) is 0 Å². The van der Waals surface area contributed by atoms with Crippen molar-refractivity contribution in [2.75, 3.05) is 27.9 Å². The first kappa shape index (κ1) is 20.3. The maximum absolute atomic E-state index is 13.0. The van der Waals surface area contributed by atoms with Gasteiger partial charge in [0.2, 0.25) is 0 Å². The lowest BCUT2D eigenvalue weighted by atomic mass is 9.88. The van der Waals surface area contributed by atoms with E-state index >= 15 is 0 Å². The minimum Gasteiger partial charge on any atom is -0.504 e. The summed E-state index contributed by atoms with van der Waals surface area (Å²) in [6.45, 7) is 3.23. The molecule has 2 N–H and O–H groups in total. The quantitative estimate of drug-likeness (QED) is 0.520. The molecule has 6 nitrogen and oxygen atoms in total. The first-order valence-electron chi connectivity index (χ1n) is 8.38. The first-order chi connectivity index (χ1) is 13.0. The molecule has 0 fully saturated rings. The molecule has 1 unspecified atom stereocenters. The molecule has 2 aromatic rings. The highest BCUT2D eigenvalue weighted by Crippen LogP contribution is 2.38. The number of hydrogen-bond acceptors (Lipinski definition) is 6. The lowest BCUT2D eigenvalue weighted by molar-refractivity contribution is 0.0919. The predicted molar refractivity (Wildman–Crippen MR) is 102 cm³/mol. The van der Waals surface area contributed by atoms with Gasteiger partial charge in [0.05, 0.1) is 33.9 Å². The highest BCUT2D eigenvalue weighted by atomic mass is 16.5. The number of carbonyl (C=O) groups is 1. The summed E-state index contributed by atoms with van der Waals surface area (Å²) in [6, 6.07) is 8.11. The van der Waals surface area contributed by atoms with Crippen LogP contribution in [0.3, 0.4) is 0 Å². The van der Waals surface area contributed by atoms with Crippen molar-refractivity contribution in [3.8, 4) is 23.0 Å². The summed E-state index contributed by atoms with van der Waals surface area (Å²) in [6.07, 6.45) is 2.24. The van der Waals surface area contributed by atoms with Gasteiger partial charge >= 0.3 is 0 Å². The Kier molecular flexibility index (Phi) is 6.85. The standard InChI is InChI=1S/C21H24O6/c1-5-6-13-9-15(21(24)19(10-13)27-4)16(12-22)20(23)14-7-8-17(25-2)18(11-14)26-3/h5,7-11,16,22,24H,1,6,12H2,2-4H3. The van der Waals surface area contributed by atoms with E-state index in [1.807, 2.05) is 0 Å². The zero-order valence-corrected chi connectivity index (χ0v) is 15.7. The molecule has 0 heterocycles. The average Bonchev–Trinajstić information content (AvgIpc) is 2.69. The number of hydrogen-bond donors (Lipinski definition) is 2. The Morgan fingerprint density at radius 2 is 1.74 bits per heavy atom. The summed E-state index contributed by atoms with van der Waals surface area (Å²) in [5.74, 6) is -0.344. The molecule has 0 radical (unpaired) electrons. The zero-order chi connectivity index (χ0) is 20.0. The molecule has 0 saturated heterocycles. The number of ether oxygens (including phenoxy) is 3. The van der Waals surface area contributed by atoms with Crippen molar-refractivity contribution in [3.63, 3.8) is 0 Å². The molecule has 0 spiro atoms. The van der Waals surface area contributed by atoms with Gasteiger partial charge in [-0.05, 0) is 36.2 Å². The van der Waals surface area contributed by atoms with E-state index in [4.69, 9.17) is 14.2 Å². The van der Waals surface area contributed by atoms with Crippen molar-refractivity contribution in [3.05, 3.63) is 59.7 Å². The summed E-state index contributed by atoms with van der Waals surface area (Å²) in [4.78, 5) is 13.0. The van der Waals surface area contributed by atoms with E-state index in [1.165, 1.54) is 21.3 Å². The molecular formula is C21H24O6. The molecular weight excluding hydrogens is 348 g/mol. The fourth-order valence-electron chi connectivity index (χ4n) is 2.91. The van der Waals surface area contributed by atoms with Gasteiger partial charge in [-0.15, -0.1) is 6.58 Å². The number of rotatable bonds is 9. The van der Waals surface area contributed by atoms with Crippen LogP contribution < -0.4 is 14.2 Å². The lowest BCUT2D eigenvalue weighted by Gasteiger charge is -2.19. The molecule has 0 aliphatic carbocycles. The van der Waals surface area contributed by atoms with Crippen molar-refractivity contribution in [1.82, 2.24) is 0 Å². The minimum atomic E-state index is -0.957. The third-order valence-corrected chi connectivity index (χ3v) is 4.31. The van der Waals surface area contributed by atoms with Crippen LogP contribution in [0.25, 0.3) is 0 Å². The second-order valence-corrected chi connectivity index (χ2v) is 5.90. The van der Waals surface area contributed by atoms with Gasteiger partial charge in [-0.25, -0.2) is 0 Å². The molecule has 1 atom stereocenters. The van der Waals surface area contributed by atoms with Crippen LogP contribution in [0.4, 0.5) is 0 Å². The number of benzene rings is 2. The van der Waals surface area contributed by atoms with E-state index in [0.717, 1.165) is 5.56 Å². The number of allylic oxidation sites excluding steroid dienone is 1. The maximum Gasteiger partial charge on any atom is 0.172 e. The van der Waals surface area contributed by atoms with Gasteiger partial charge in [0.25, 0.3) is 0 Å². The fourth-order valence-corrected chi connectivity index (χ4v) is 2.91. The second kappa shape index (κ2) is 9.09. The summed E-state index contributed by atoms with van der Waals surface area (Å²) >= 11 is 0. The number of phenolic OH excluding ortho intramolecular Hbond substituents is 1. The van der Waals surface area contributed by atoms with Crippen LogP contribution >= 0.6 is 0 Å². The molecule has 27 heavy (non-hydrogen) atoms. The monoisotopic (exact) mass is 372 g/mol. The number of aromatic hydroxyl groups is 1. The van der Waals surface area contributed by atoms with Crippen molar-refractivity contribution in [2.45, 2.75) is 12.3 Å². The number of methoxy groups -OCH3 is 3. The molecule has 2 aromatic carbocycles. The van der Waals surface area contributed by atoms with Gasteiger partial charge in [-0.2, -0.15) is 0 Å². The summed E-state index contributed by atoms with van der Waals surface area (Å²) < 4.78 is 15.6. The van der Waals surface area contributed by atoms with Crippen LogP contribution in [-0.2, 0) is 6.42 Å². The van der Waals surface area contributed by atoms with Crippen LogP contribution in [0.2, 0.25) is 0 Å². The van der Waals surface area contributed by atoms with Gasteiger partial charge in [0, 0.05) is 11.1 Å². The predicted octanol–water partition coefficient (Wildman–Crippen LogP) is 3.11. The molecule has 0 bridgehead atoms. The minimum absolute atomic E-state index is 0.168. The van der Waals surface area contributed by atoms with Crippen molar-refractivity contribution >= 4 is 5.78 Å². The molecule has 0 aliphatic rings. The SMILES string of the molecule is C=CCc1cc(OC)c(O)c(C(CO)C(=O)c2ccc(OC)c(OC)c2)c1. The van der Waals surface area contributed by atoms with Gasteiger partial charge in [0.15, 0.2) is 28.8 Å². The Morgan fingerprint density at radius 1 is 1.07 bits per heavy atom. The van der Waals surface area contributed by atoms with Crippen LogP contribution in [-0.4, -0.2) is 43.9 Å². The van der Waals surface area contributed by atoms with E-state index < -0.39 is 12.5 Å². The van der Waals surface area contributed by atoms with Crippen LogP contribution in [0.5, 0.6) is 23.0 Å². The fraction of sp³-hybridized carbons (Fsp3) is 0.286. The van der Waals surface area contributed by atoms with E-state index in [2.05, 4.69) is 6.58 Å². The molecule has 0 saturated carbocycles. The van der Waals surface area contributed by atoms with Gasteiger partial charge in [0.1, 0.15) is 0 Å². The molecule has 0 aliphatic heterocycles. The van der Waals surface area contributed by atoms with E-state index in [0.29, 0.717) is 29.0 Å². The van der Waals surface area contributed by atoms with Gasteiger partial charge in [-0.1, -0.05) is 12.1 Å². The Balaban J connectivity index is 2.51. The van der Waals surface area contributed by atoms with Crippen LogP contribution in [0, 0.1) is 0 Å². The second-order valence-electron chi connectivity index (χ2n) is 5.90.